The van der Waals surface area contributed by atoms with Gasteiger partial charge in [-0.1, -0.05) is 72.6 Å². The summed E-state index contributed by atoms with van der Waals surface area (Å²) < 4.78 is 29.0. The van der Waals surface area contributed by atoms with Gasteiger partial charge in [0.25, 0.3) is 0 Å². The standard InChI is InChI=1S/C7H14.C4H10.C3H8O3S/c1-7-5-3-2-4-6-7;1-3-4-2;1-2-3-7(4,5)6/h7H,2-6H2,1H3;3-4H2,1-2H3;2-3H2,1H3,(H,4,5,6)/p-1. The summed E-state index contributed by atoms with van der Waals surface area (Å²) in [5, 5.41) is 0. The van der Waals surface area contributed by atoms with Crippen LogP contribution in [-0.4, -0.2) is 18.7 Å². The van der Waals surface area contributed by atoms with Crippen LogP contribution in [0.5, 0.6) is 0 Å². The number of rotatable bonds is 3. The van der Waals surface area contributed by atoms with E-state index in [1.165, 1.54) is 44.9 Å². The van der Waals surface area contributed by atoms with E-state index in [2.05, 4.69) is 20.8 Å². The number of hydrogen-bond donors (Lipinski definition) is 0. The molecule has 1 rings (SSSR count). The third kappa shape index (κ3) is 21.2. The molecule has 1 aliphatic carbocycles. The van der Waals surface area contributed by atoms with Crippen molar-refractivity contribution < 1.29 is 13.0 Å². The van der Waals surface area contributed by atoms with E-state index < -0.39 is 10.1 Å². The highest BCUT2D eigenvalue weighted by Crippen LogP contribution is 2.22. The number of hydrogen-bond acceptors (Lipinski definition) is 3. The van der Waals surface area contributed by atoms with E-state index in [1.54, 1.807) is 6.92 Å². The van der Waals surface area contributed by atoms with Crippen LogP contribution in [0.3, 0.4) is 0 Å². The summed E-state index contributed by atoms with van der Waals surface area (Å²) in [7, 11) is -3.92. The van der Waals surface area contributed by atoms with Crippen LogP contribution in [0.25, 0.3) is 0 Å². The zero-order valence-electron chi connectivity index (χ0n) is 12.6. The van der Waals surface area contributed by atoms with Crippen molar-refractivity contribution in [3.05, 3.63) is 0 Å². The molecular weight excluding hydrogens is 248 g/mol. The highest BCUT2D eigenvalue weighted by Gasteiger charge is 2.05. The average Bonchev–Trinajstić information content (AvgIpc) is 2.30. The van der Waals surface area contributed by atoms with Gasteiger partial charge >= 0.3 is 0 Å². The first-order chi connectivity index (χ1) is 8.37. The Labute approximate surface area is 114 Å². The van der Waals surface area contributed by atoms with Crippen LogP contribution in [0.4, 0.5) is 0 Å². The number of unbranched alkanes of at least 4 members (excludes halogenated alkanes) is 1. The fourth-order valence-corrected chi connectivity index (χ4v) is 2.06. The van der Waals surface area contributed by atoms with Crippen LogP contribution in [0.2, 0.25) is 0 Å². The second-order valence-corrected chi connectivity index (χ2v) is 6.53. The molecule has 0 spiro atoms. The lowest BCUT2D eigenvalue weighted by atomic mass is 9.91. The van der Waals surface area contributed by atoms with E-state index >= 15 is 0 Å². The minimum atomic E-state index is -3.92. The van der Waals surface area contributed by atoms with Gasteiger partial charge in [-0.3, -0.25) is 0 Å². The van der Waals surface area contributed by atoms with Crippen molar-refractivity contribution in [1.29, 1.82) is 0 Å². The second kappa shape index (κ2) is 13.3. The average molecular weight is 279 g/mol. The normalized spacial score (nSPS) is 16.1. The van der Waals surface area contributed by atoms with E-state index in [0.29, 0.717) is 6.42 Å². The van der Waals surface area contributed by atoms with Crippen LogP contribution in [0.15, 0.2) is 0 Å². The molecule has 0 amide bonds. The zero-order chi connectivity index (χ0) is 14.4. The summed E-state index contributed by atoms with van der Waals surface area (Å²) in [5.41, 5.74) is 0. The Morgan fingerprint density at radius 3 is 1.50 bits per heavy atom. The predicted octanol–water partition coefficient (Wildman–Crippen LogP) is 4.33. The van der Waals surface area contributed by atoms with Crippen molar-refractivity contribution in [2.75, 3.05) is 5.75 Å². The van der Waals surface area contributed by atoms with E-state index in [0.717, 1.165) is 5.92 Å². The monoisotopic (exact) mass is 279 g/mol. The van der Waals surface area contributed by atoms with Gasteiger partial charge in [-0.25, -0.2) is 8.42 Å². The van der Waals surface area contributed by atoms with Crippen molar-refractivity contribution in [3.63, 3.8) is 0 Å². The molecule has 0 radical (unpaired) electrons. The fourth-order valence-electron chi connectivity index (χ4n) is 1.56. The molecule has 0 bridgehead atoms. The molecule has 0 aliphatic heterocycles. The van der Waals surface area contributed by atoms with Crippen molar-refractivity contribution >= 4 is 10.1 Å². The van der Waals surface area contributed by atoms with Crippen LogP contribution in [-0.2, 0) is 10.1 Å². The Morgan fingerprint density at radius 2 is 1.39 bits per heavy atom. The quantitative estimate of drug-likeness (QED) is 0.722. The Hall–Kier alpha value is -0.0900. The molecule has 112 valence electrons. The topological polar surface area (TPSA) is 57.2 Å². The molecule has 0 N–H and O–H groups in total. The molecule has 0 aromatic carbocycles. The van der Waals surface area contributed by atoms with Crippen LogP contribution < -0.4 is 0 Å². The van der Waals surface area contributed by atoms with Gasteiger partial charge in [-0.2, -0.15) is 0 Å². The van der Waals surface area contributed by atoms with Gasteiger partial charge in [-0.05, 0) is 12.3 Å². The molecule has 0 unspecified atom stereocenters. The van der Waals surface area contributed by atoms with E-state index in [1.807, 2.05) is 0 Å². The van der Waals surface area contributed by atoms with Gasteiger partial charge in [0.2, 0.25) is 0 Å². The van der Waals surface area contributed by atoms with E-state index in [-0.39, 0.29) is 5.75 Å². The zero-order valence-corrected chi connectivity index (χ0v) is 13.4. The Morgan fingerprint density at radius 1 is 0.944 bits per heavy atom. The molecule has 0 atom stereocenters. The molecule has 1 aliphatic rings. The molecule has 3 nitrogen and oxygen atoms in total. The van der Waals surface area contributed by atoms with Gasteiger partial charge in [-0.15, -0.1) is 0 Å². The lowest BCUT2D eigenvalue weighted by molar-refractivity contribution is 0.385. The second-order valence-electron chi connectivity index (χ2n) is 5.00. The minimum Gasteiger partial charge on any atom is -0.748 e. The van der Waals surface area contributed by atoms with Crippen molar-refractivity contribution in [1.82, 2.24) is 0 Å². The van der Waals surface area contributed by atoms with Crippen molar-refractivity contribution in [2.45, 2.75) is 79.1 Å². The lowest BCUT2D eigenvalue weighted by Crippen LogP contribution is -2.01. The molecule has 0 aromatic rings. The minimum absolute atomic E-state index is 0.243. The Balaban J connectivity index is 0. The first-order valence-electron chi connectivity index (χ1n) is 7.30. The first-order valence-corrected chi connectivity index (χ1v) is 8.88. The summed E-state index contributed by atoms with van der Waals surface area (Å²) in [4.78, 5) is 0. The van der Waals surface area contributed by atoms with Crippen LogP contribution >= 0.6 is 0 Å². The third-order valence-corrected chi connectivity index (χ3v) is 3.76. The summed E-state index contributed by atoms with van der Waals surface area (Å²) in [6.45, 7) is 8.37. The molecule has 1 fully saturated rings. The summed E-state index contributed by atoms with van der Waals surface area (Å²) >= 11 is 0. The Kier molecular flexibility index (Phi) is 15.0. The Bertz CT molecular complexity index is 240. The van der Waals surface area contributed by atoms with Crippen LogP contribution in [0.1, 0.15) is 79.1 Å². The molecule has 0 aromatic heterocycles. The molecule has 18 heavy (non-hydrogen) atoms. The maximum Gasteiger partial charge on any atom is 0.0945 e. The maximum absolute atomic E-state index is 9.68. The van der Waals surface area contributed by atoms with Crippen molar-refractivity contribution in [3.8, 4) is 0 Å². The molecule has 1 saturated carbocycles. The molecular formula is C14H31O3S-. The fraction of sp³-hybridized carbons (Fsp3) is 1.00. The maximum atomic E-state index is 9.68. The smallest absolute Gasteiger partial charge is 0.0945 e. The summed E-state index contributed by atoms with van der Waals surface area (Å²) in [6.07, 6.45) is 10.5. The highest BCUT2D eigenvalue weighted by atomic mass is 32.2. The molecule has 4 heteroatoms. The summed E-state index contributed by atoms with van der Waals surface area (Å²) in [6, 6.07) is 0. The van der Waals surface area contributed by atoms with Gasteiger partial charge in [0, 0.05) is 5.75 Å². The van der Waals surface area contributed by atoms with Crippen molar-refractivity contribution in [2.24, 2.45) is 5.92 Å². The van der Waals surface area contributed by atoms with E-state index in [4.69, 9.17) is 0 Å². The third-order valence-electron chi connectivity index (χ3n) is 2.85. The molecule has 0 heterocycles. The first kappa shape index (κ1) is 20.2. The molecule has 0 saturated heterocycles. The summed E-state index contributed by atoms with van der Waals surface area (Å²) in [5.74, 6) is 0.793. The SMILES string of the molecule is CC1CCCCC1.CCCC.CCCS(=O)(=O)[O-]. The van der Waals surface area contributed by atoms with Gasteiger partial charge in [0.05, 0.1) is 10.1 Å². The lowest BCUT2D eigenvalue weighted by Gasteiger charge is -2.15. The van der Waals surface area contributed by atoms with Gasteiger partial charge < -0.3 is 4.55 Å². The van der Waals surface area contributed by atoms with E-state index in [9.17, 15) is 13.0 Å². The largest absolute Gasteiger partial charge is 0.748 e. The van der Waals surface area contributed by atoms with Crippen LogP contribution in [0, 0.1) is 5.92 Å². The highest BCUT2D eigenvalue weighted by molar-refractivity contribution is 7.85. The van der Waals surface area contributed by atoms with Gasteiger partial charge in [0.15, 0.2) is 0 Å². The predicted molar refractivity (Wildman–Crippen MR) is 77.7 cm³/mol. The van der Waals surface area contributed by atoms with Gasteiger partial charge in [0.1, 0.15) is 0 Å².